The molecule has 2 aliphatic carbocycles. The van der Waals surface area contributed by atoms with E-state index in [-0.39, 0.29) is 106 Å². The second kappa shape index (κ2) is 58.9. The van der Waals surface area contributed by atoms with Gasteiger partial charge in [-0.3, -0.25) is 24.2 Å². The normalized spacial score (nSPS) is 16.8. The number of aliphatic hydroxyl groups is 1. The number of rotatable bonds is 43. The number of esters is 4. The summed E-state index contributed by atoms with van der Waals surface area (Å²) in [6, 6.07) is 51.9. The molecule has 5 saturated heterocycles. The molecule has 147 heavy (non-hydrogen) atoms. The highest BCUT2D eigenvalue weighted by Crippen LogP contribution is 2.49. The van der Waals surface area contributed by atoms with Crippen molar-refractivity contribution in [1.82, 2.24) is 29.6 Å². The topological polar surface area (TPSA) is 374 Å². The van der Waals surface area contributed by atoms with Gasteiger partial charge in [0.05, 0.1) is 63.5 Å². The first-order valence-electron chi connectivity index (χ1n) is 50.4. The third kappa shape index (κ3) is 31.6. The summed E-state index contributed by atoms with van der Waals surface area (Å²) in [7, 11) is 11.3. The van der Waals surface area contributed by atoms with E-state index in [0.717, 1.165) is 115 Å². The van der Waals surface area contributed by atoms with Gasteiger partial charge in [-0.05, 0) is 217 Å². The Morgan fingerprint density at radius 1 is 0.395 bits per heavy atom. The maximum absolute atomic E-state index is 13.0. The van der Waals surface area contributed by atoms with Crippen LogP contribution in [0.15, 0.2) is 170 Å². The van der Waals surface area contributed by atoms with E-state index in [2.05, 4.69) is 91.1 Å². The third-order valence-corrected chi connectivity index (χ3v) is 28.7. The average molecular weight is 2050 g/mol. The number of hydrogen-bond donors (Lipinski definition) is 3. The van der Waals surface area contributed by atoms with E-state index in [1.165, 1.54) is 32.1 Å². The minimum absolute atomic E-state index is 0.0118. The standard InChI is InChI=1S/C29H46N3O7P.C29H29NO6.C20H29NO6.C20H19NO4.C14H19NO4/c1-22(2)32(23(3)4)40(39-19-16-30-5)38-18-10-8-9-13-28(33)31-17-11-12-26(31)29(34)37-21-24-14-15-25(35-6)20-27(24)36-7;1-33-20-14-13-19(27(16-20)34-2)17-35-28(31)26-12-7-15-30(26)29(32)36-18-25-23-10-5-3-8-21(23)22-9-4-6-11-24(22)25;1-25-16-10-9-15(18(13-16)26-2)14-27-20(24)17-7-6-11-21(17)19(23)8-4-3-5-12-22;22-19(23)18-10-5-11-21(18)20(24)25-12-17-15-8-3-1-6-13(15)14-7-2-4-9-16(14)17;1-17-11-6-5-10(13(8-11)18-2)9-19-14(16)12-4-3-7-15-12/h14-15,20,22-23,26H,8-13,16-19,21H2,1-4,6-7H3;3-6,8-11,13-14,16,25-26H,7,12,15,17-18H2,1-2H3;9-10,13,17,22H,3-8,11-12,14H2,1-2H3;1-4,6-9,17-18H,5,10-12H2,(H,22,23);5-6,8,12,15H,3-4,7,9H2,1-2H3/t26-,40?;26-;17-;18-;12-/m00000/s1. The first-order valence-corrected chi connectivity index (χ1v) is 51.5. The molecule has 34 nitrogen and oxygen atoms in total. The van der Waals surface area contributed by atoms with E-state index in [1.807, 2.05) is 60.7 Å². The molecule has 3 N–H and O–H groups in total. The van der Waals surface area contributed by atoms with E-state index >= 15 is 0 Å². The van der Waals surface area contributed by atoms with Crippen LogP contribution in [0.25, 0.3) is 27.1 Å². The second-order valence-corrected chi connectivity index (χ2v) is 38.1. The second-order valence-electron chi connectivity index (χ2n) is 36.6. The molecule has 0 saturated carbocycles. The van der Waals surface area contributed by atoms with Crippen LogP contribution < -0.4 is 43.2 Å². The highest BCUT2D eigenvalue weighted by atomic mass is 31.2. The van der Waals surface area contributed by atoms with Gasteiger partial charge in [-0.15, -0.1) is 0 Å². The SMILES string of the molecule is COc1ccc(COC(=O)[C@@H]2CCCN2)c(OC)c1.COc1ccc(COC(=O)[C@@H]2CCCN2C(=O)CCCCCO)c(OC)c1.COc1ccc(COC(=O)[C@@H]2CCCN2C(=O)OCC2c3ccccc3-c3ccccc32)c(OC)c1.O=C(O)[C@@H]1CCCN1C(=O)OCC1c2ccccc2-c2ccccc21.[C-]#[N+]CCOP(OCCCCCC(=O)N1CCC[C@H]1C(=O)OCc1ccc(OC)cc1OC)N(C(C)C)C(C)C. The maximum Gasteiger partial charge on any atom is 0.410 e. The Morgan fingerprint density at radius 2 is 0.728 bits per heavy atom. The van der Waals surface area contributed by atoms with Gasteiger partial charge in [-0.25, -0.2) is 40.0 Å². The van der Waals surface area contributed by atoms with Gasteiger partial charge in [0.25, 0.3) is 8.53 Å². The van der Waals surface area contributed by atoms with E-state index in [1.54, 1.807) is 127 Å². The van der Waals surface area contributed by atoms with Crippen molar-refractivity contribution in [3.05, 3.63) is 226 Å². The highest BCUT2D eigenvalue weighted by molar-refractivity contribution is 7.44. The number of aliphatic hydroxyl groups excluding tert-OH is 1. The van der Waals surface area contributed by atoms with Gasteiger partial charge >= 0.3 is 42.0 Å². The fourth-order valence-electron chi connectivity index (χ4n) is 19.1. The van der Waals surface area contributed by atoms with Gasteiger partial charge in [0.2, 0.25) is 18.4 Å². The summed E-state index contributed by atoms with van der Waals surface area (Å²) in [5.41, 5.74) is 12.3. The number of nitrogens with one attached hydrogen (secondary N) is 1. The Balaban J connectivity index is 0.000000178. The lowest BCUT2D eigenvalue weighted by molar-refractivity contribution is -0.154. The Labute approximate surface area is 863 Å². The number of aliphatic carboxylic acids is 1. The van der Waals surface area contributed by atoms with Crippen LogP contribution in [0.5, 0.6) is 46.0 Å². The van der Waals surface area contributed by atoms with Crippen molar-refractivity contribution >= 4 is 62.4 Å². The number of methoxy groups -OCH3 is 8. The summed E-state index contributed by atoms with van der Waals surface area (Å²) in [6.07, 6.45) is 11.5. The summed E-state index contributed by atoms with van der Waals surface area (Å²) in [4.78, 5) is 122. The van der Waals surface area contributed by atoms with Crippen molar-refractivity contribution in [1.29, 1.82) is 0 Å². The predicted molar refractivity (Wildman–Crippen MR) is 552 cm³/mol. The summed E-state index contributed by atoms with van der Waals surface area (Å²) < 4.78 is 89.5. The molecule has 5 fully saturated rings. The summed E-state index contributed by atoms with van der Waals surface area (Å²) in [6.45, 7) is 20.5. The van der Waals surface area contributed by atoms with Crippen LogP contribution in [0, 0.1) is 6.57 Å². The van der Waals surface area contributed by atoms with Gasteiger partial charge in [0.1, 0.15) is 122 Å². The lowest BCUT2D eigenvalue weighted by Gasteiger charge is -2.35. The molecule has 35 heteroatoms. The quantitative estimate of drug-likeness (QED) is 0.0105. The molecule has 7 aliphatic rings. The van der Waals surface area contributed by atoms with Crippen molar-refractivity contribution in [2.24, 2.45) is 0 Å². The maximum atomic E-state index is 13.0. The monoisotopic (exact) mass is 2050 g/mol. The number of carboxylic acids is 1. The zero-order valence-electron chi connectivity index (χ0n) is 86.4. The van der Waals surface area contributed by atoms with E-state index in [9.17, 15) is 48.3 Å². The number of carboxylic acid groups (broad SMARTS) is 1. The lowest BCUT2D eigenvalue weighted by Crippen LogP contribution is -2.42. The zero-order chi connectivity index (χ0) is 105. The number of likely N-dealkylation sites (tertiary alicyclic amines) is 4. The molecule has 15 rings (SSSR count). The van der Waals surface area contributed by atoms with Crippen LogP contribution in [0.2, 0.25) is 0 Å². The van der Waals surface area contributed by atoms with Crippen molar-refractivity contribution in [3.63, 3.8) is 0 Å². The van der Waals surface area contributed by atoms with Gasteiger partial charge in [0, 0.05) is 116 Å². The number of unbranched alkanes of at least 4 members (excludes halogenated alkanes) is 4. The molecule has 8 aromatic carbocycles. The van der Waals surface area contributed by atoms with E-state index in [0.29, 0.717) is 143 Å². The molecular weight excluding hydrogens is 1910 g/mol. The van der Waals surface area contributed by atoms with Crippen LogP contribution in [0.1, 0.15) is 200 Å². The number of nitrogens with zero attached hydrogens (tertiary/aromatic N) is 6. The van der Waals surface area contributed by atoms with Crippen LogP contribution in [0.4, 0.5) is 9.59 Å². The van der Waals surface area contributed by atoms with Gasteiger partial charge in [-0.1, -0.05) is 110 Å². The number of amides is 4. The van der Waals surface area contributed by atoms with Crippen LogP contribution in [0.3, 0.4) is 0 Å². The number of hydrogen-bond acceptors (Lipinski definition) is 28. The van der Waals surface area contributed by atoms with Crippen LogP contribution >= 0.6 is 8.53 Å². The van der Waals surface area contributed by atoms with Crippen molar-refractivity contribution in [2.75, 3.05) is 129 Å². The molecule has 792 valence electrons. The molecule has 5 aliphatic heterocycles. The van der Waals surface area contributed by atoms with E-state index in [4.69, 9.17) is 87.0 Å². The summed E-state index contributed by atoms with van der Waals surface area (Å²) in [5.74, 6) is 2.63. The number of fused-ring (bicyclic) bond motifs is 6. The fourth-order valence-corrected chi connectivity index (χ4v) is 20.7. The Morgan fingerprint density at radius 3 is 1.06 bits per heavy atom. The third-order valence-electron chi connectivity index (χ3n) is 26.6. The average Bonchev–Trinajstić information content (AvgIpc) is 1.61. The molecule has 6 atom stereocenters. The van der Waals surface area contributed by atoms with Gasteiger partial charge in [0.15, 0.2) is 0 Å². The molecule has 0 bridgehead atoms. The first-order chi connectivity index (χ1) is 71.3. The largest absolute Gasteiger partial charge is 0.497 e. The van der Waals surface area contributed by atoms with Crippen molar-refractivity contribution in [2.45, 2.75) is 224 Å². The minimum atomic E-state index is -1.25. The number of ether oxygens (including phenoxy) is 14. The first kappa shape index (κ1) is 114. The number of benzene rings is 8. The van der Waals surface area contributed by atoms with Crippen molar-refractivity contribution < 1.29 is 129 Å². The molecule has 1 unspecified atom stereocenters. The summed E-state index contributed by atoms with van der Waals surface area (Å²) in [5, 5.41) is 21.1. The Kier molecular flexibility index (Phi) is 45.7. The smallest absolute Gasteiger partial charge is 0.410 e. The molecule has 0 aromatic heterocycles. The lowest BCUT2D eigenvalue weighted by atomic mass is 9.98. The number of carbonyl (C=O) groups is 9. The highest BCUT2D eigenvalue weighted by Gasteiger charge is 2.42. The summed E-state index contributed by atoms with van der Waals surface area (Å²) >= 11 is 0. The van der Waals surface area contributed by atoms with Gasteiger partial charge < -0.3 is 106 Å². The number of carbonyl (C=O) groups excluding carboxylic acids is 8. The predicted octanol–water partition coefficient (Wildman–Crippen LogP) is 18.0. The van der Waals surface area contributed by atoms with E-state index < -0.39 is 56.8 Å². The molecule has 4 amide bonds. The zero-order valence-corrected chi connectivity index (χ0v) is 87.3. The molecule has 0 radical (unpaired) electrons. The van der Waals surface area contributed by atoms with Crippen LogP contribution in [-0.4, -0.2) is 260 Å². The molecule has 5 heterocycles. The van der Waals surface area contributed by atoms with Crippen LogP contribution in [-0.2, 0) is 97.5 Å². The molecule has 0 spiro atoms. The fraction of sp³-hybridized carbons (Fsp3) is 0.482. The minimum Gasteiger partial charge on any atom is -0.497 e. The Hall–Kier alpha value is -13.3. The Bertz CT molecular complexity index is 5600. The van der Waals surface area contributed by atoms with Crippen molar-refractivity contribution in [3.8, 4) is 68.2 Å². The van der Waals surface area contributed by atoms with Gasteiger partial charge in [-0.2, -0.15) is 0 Å². The molecular formula is C112H142N7O27P. The molecule has 8 aromatic rings.